The van der Waals surface area contributed by atoms with Gasteiger partial charge in [-0.25, -0.2) is 4.39 Å². The fourth-order valence-electron chi connectivity index (χ4n) is 2.02. The number of carboxylic acid groups (broad SMARTS) is 1. The molecule has 2 unspecified atom stereocenters. The van der Waals surface area contributed by atoms with Gasteiger partial charge in [0.1, 0.15) is 11.2 Å². The van der Waals surface area contributed by atoms with Crippen LogP contribution in [-0.2, 0) is 14.9 Å². The molecular weight excluding hydrogens is 237 g/mol. The highest BCUT2D eigenvalue weighted by Crippen LogP contribution is 2.31. The van der Waals surface area contributed by atoms with Crippen LogP contribution in [0.25, 0.3) is 0 Å². The van der Waals surface area contributed by atoms with Crippen molar-refractivity contribution in [2.24, 2.45) is 5.73 Å². The molecule has 0 saturated heterocycles. The van der Waals surface area contributed by atoms with E-state index in [4.69, 9.17) is 10.5 Å². The third-order valence-electron chi connectivity index (χ3n) is 3.19. The van der Waals surface area contributed by atoms with Gasteiger partial charge in [0, 0.05) is 19.2 Å². The highest BCUT2D eigenvalue weighted by molar-refractivity contribution is 5.82. The van der Waals surface area contributed by atoms with E-state index >= 15 is 0 Å². The lowest BCUT2D eigenvalue weighted by Gasteiger charge is -2.31. The summed E-state index contributed by atoms with van der Waals surface area (Å²) in [5, 5.41) is 9.44. The van der Waals surface area contributed by atoms with Crippen LogP contribution in [0, 0.1) is 5.82 Å². The molecular formula is C13H18FNO3. The zero-order valence-electron chi connectivity index (χ0n) is 10.5. The van der Waals surface area contributed by atoms with E-state index in [2.05, 4.69) is 0 Å². The molecule has 0 aliphatic rings. The smallest absolute Gasteiger partial charge is 0.315 e. The number of ether oxygens (including phenoxy) is 1. The van der Waals surface area contributed by atoms with Crippen LogP contribution in [0.2, 0.25) is 0 Å². The molecule has 0 aliphatic heterocycles. The van der Waals surface area contributed by atoms with Gasteiger partial charge < -0.3 is 15.6 Å². The largest absolute Gasteiger partial charge is 0.481 e. The van der Waals surface area contributed by atoms with Gasteiger partial charge in [-0.2, -0.15) is 0 Å². The van der Waals surface area contributed by atoms with Crippen molar-refractivity contribution < 1.29 is 19.0 Å². The highest BCUT2D eigenvalue weighted by Gasteiger charge is 2.42. The first-order valence-electron chi connectivity index (χ1n) is 5.69. The molecule has 5 heteroatoms. The molecule has 4 nitrogen and oxygen atoms in total. The topological polar surface area (TPSA) is 72.5 Å². The first kappa shape index (κ1) is 14.6. The minimum atomic E-state index is -1.46. The quantitative estimate of drug-likeness (QED) is 0.808. The predicted octanol–water partition coefficient (Wildman–Crippen LogP) is 1.53. The maximum Gasteiger partial charge on any atom is 0.315 e. The van der Waals surface area contributed by atoms with Crippen molar-refractivity contribution in [1.82, 2.24) is 0 Å². The van der Waals surface area contributed by atoms with E-state index in [1.807, 2.05) is 0 Å². The first-order chi connectivity index (χ1) is 8.47. The van der Waals surface area contributed by atoms with Gasteiger partial charge >= 0.3 is 5.97 Å². The summed E-state index contributed by atoms with van der Waals surface area (Å²) >= 11 is 0. The molecule has 0 fully saturated rings. The van der Waals surface area contributed by atoms with Crippen molar-refractivity contribution in [2.45, 2.75) is 24.9 Å². The summed E-state index contributed by atoms with van der Waals surface area (Å²) in [7, 11) is 1.48. The second-order valence-corrected chi connectivity index (χ2v) is 4.32. The molecule has 0 spiro atoms. The van der Waals surface area contributed by atoms with Gasteiger partial charge in [-0.1, -0.05) is 18.2 Å². The molecule has 100 valence electrons. The SMILES string of the molecule is COC(C)CC(CN)(C(=O)O)c1ccccc1F. The zero-order chi connectivity index (χ0) is 13.8. The van der Waals surface area contributed by atoms with E-state index < -0.39 is 17.2 Å². The van der Waals surface area contributed by atoms with Crippen molar-refractivity contribution in [2.75, 3.05) is 13.7 Å². The number of rotatable bonds is 6. The number of carbonyl (C=O) groups is 1. The van der Waals surface area contributed by atoms with Gasteiger partial charge in [0.15, 0.2) is 0 Å². The zero-order valence-corrected chi connectivity index (χ0v) is 10.5. The summed E-state index contributed by atoms with van der Waals surface area (Å²) in [5.74, 6) is -1.70. The summed E-state index contributed by atoms with van der Waals surface area (Å²) < 4.78 is 18.9. The van der Waals surface area contributed by atoms with Crippen LogP contribution in [-0.4, -0.2) is 30.8 Å². The fraction of sp³-hybridized carbons (Fsp3) is 0.462. The molecule has 1 rings (SSSR count). The number of nitrogens with two attached hydrogens (primary N) is 1. The number of carboxylic acids is 1. The van der Waals surface area contributed by atoms with E-state index in [1.54, 1.807) is 13.0 Å². The summed E-state index contributed by atoms with van der Waals surface area (Å²) in [6.07, 6.45) is -0.208. The maximum absolute atomic E-state index is 13.8. The van der Waals surface area contributed by atoms with Gasteiger partial charge in [-0.15, -0.1) is 0 Å². The summed E-state index contributed by atoms with van der Waals surface area (Å²) in [4.78, 5) is 11.6. The van der Waals surface area contributed by atoms with E-state index in [9.17, 15) is 14.3 Å². The van der Waals surface area contributed by atoms with Crippen LogP contribution in [0.4, 0.5) is 4.39 Å². The molecule has 0 saturated carbocycles. The van der Waals surface area contributed by atoms with Crippen LogP contribution in [0.3, 0.4) is 0 Å². The molecule has 1 aromatic rings. The van der Waals surface area contributed by atoms with Crippen LogP contribution in [0.1, 0.15) is 18.9 Å². The summed E-state index contributed by atoms with van der Waals surface area (Å²) in [6.45, 7) is 1.55. The van der Waals surface area contributed by atoms with E-state index in [-0.39, 0.29) is 24.6 Å². The average molecular weight is 255 g/mol. The molecule has 2 atom stereocenters. The number of hydrogen-bond donors (Lipinski definition) is 2. The Morgan fingerprint density at radius 1 is 1.56 bits per heavy atom. The molecule has 1 aromatic carbocycles. The van der Waals surface area contributed by atoms with Gasteiger partial charge in [0.2, 0.25) is 0 Å². The van der Waals surface area contributed by atoms with E-state index in [0.717, 1.165) is 0 Å². The summed E-state index contributed by atoms with van der Waals surface area (Å²) in [5.41, 5.74) is 4.25. The van der Waals surface area contributed by atoms with Crippen molar-refractivity contribution in [3.8, 4) is 0 Å². The third kappa shape index (κ3) is 2.68. The van der Waals surface area contributed by atoms with Crippen LogP contribution < -0.4 is 5.73 Å². The number of halogens is 1. The highest BCUT2D eigenvalue weighted by atomic mass is 19.1. The normalized spacial score (nSPS) is 16.0. The lowest BCUT2D eigenvalue weighted by Crippen LogP contribution is -2.46. The van der Waals surface area contributed by atoms with Crippen molar-refractivity contribution >= 4 is 5.97 Å². The third-order valence-corrected chi connectivity index (χ3v) is 3.19. The van der Waals surface area contributed by atoms with Gasteiger partial charge in [0.25, 0.3) is 0 Å². The van der Waals surface area contributed by atoms with E-state index in [0.29, 0.717) is 0 Å². The number of hydrogen-bond acceptors (Lipinski definition) is 3. The standard InChI is InChI=1S/C13H18FNO3/c1-9(18-2)7-13(8-15,12(16)17)10-5-3-4-6-11(10)14/h3-6,9H,7-8,15H2,1-2H3,(H,16,17). The Balaban J connectivity index is 3.28. The molecule has 0 heterocycles. The maximum atomic E-state index is 13.8. The minimum Gasteiger partial charge on any atom is -0.481 e. The van der Waals surface area contributed by atoms with Crippen LogP contribution >= 0.6 is 0 Å². The number of benzene rings is 1. The first-order valence-corrected chi connectivity index (χ1v) is 5.69. The Labute approximate surface area is 106 Å². The molecule has 0 bridgehead atoms. The average Bonchev–Trinajstić information content (AvgIpc) is 2.36. The molecule has 18 heavy (non-hydrogen) atoms. The van der Waals surface area contributed by atoms with Gasteiger partial charge in [-0.3, -0.25) is 4.79 Å². The molecule has 0 amide bonds. The molecule has 0 aromatic heterocycles. The van der Waals surface area contributed by atoms with Gasteiger partial charge in [-0.05, 0) is 19.4 Å². The van der Waals surface area contributed by atoms with Crippen LogP contribution in [0.5, 0.6) is 0 Å². The minimum absolute atomic E-state index is 0.101. The Kier molecular flexibility index (Phi) is 4.81. The number of methoxy groups -OCH3 is 1. The fourth-order valence-corrected chi connectivity index (χ4v) is 2.02. The lowest BCUT2D eigenvalue weighted by molar-refractivity contribution is -0.145. The molecule has 0 aliphatic carbocycles. The predicted molar refractivity (Wildman–Crippen MR) is 65.9 cm³/mol. The van der Waals surface area contributed by atoms with E-state index in [1.165, 1.54) is 25.3 Å². The Morgan fingerprint density at radius 3 is 2.61 bits per heavy atom. The Bertz CT molecular complexity index is 424. The summed E-state index contributed by atoms with van der Waals surface area (Å²) in [6, 6.07) is 5.81. The molecule has 0 radical (unpaired) electrons. The Morgan fingerprint density at radius 2 is 2.17 bits per heavy atom. The van der Waals surface area contributed by atoms with Crippen molar-refractivity contribution in [3.63, 3.8) is 0 Å². The monoisotopic (exact) mass is 255 g/mol. The Hall–Kier alpha value is -1.46. The second-order valence-electron chi connectivity index (χ2n) is 4.32. The van der Waals surface area contributed by atoms with Crippen molar-refractivity contribution in [3.05, 3.63) is 35.6 Å². The second kappa shape index (κ2) is 5.93. The van der Waals surface area contributed by atoms with Gasteiger partial charge in [0.05, 0.1) is 6.10 Å². The van der Waals surface area contributed by atoms with Crippen molar-refractivity contribution in [1.29, 1.82) is 0 Å². The molecule has 3 N–H and O–H groups in total. The van der Waals surface area contributed by atoms with Crippen LogP contribution in [0.15, 0.2) is 24.3 Å². The number of aliphatic carboxylic acids is 1. The lowest BCUT2D eigenvalue weighted by atomic mass is 9.76.